The maximum Gasteiger partial charge on any atom is 0.319 e. The summed E-state index contributed by atoms with van der Waals surface area (Å²) in [5.74, 6) is -0.118. The van der Waals surface area contributed by atoms with E-state index in [1.54, 1.807) is 32.4 Å². The molecule has 0 bridgehead atoms. The van der Waals surface area contributed by atoms with Gasteiger partial charge in [-0.2, -0.15) is 9.97 Å². The number of nitrogens with zero attached hydrogens (tertiary/aromatic N) is 5. The number of rotatable bonds is 8. The first-order valence-corrected chi connectivity index (χ1v) is 19.3. The number of anilines is 1. The molecule has 2 saturated carbocycles. The fourth-order valence-corrected chi connectivity index (χ4v) is 9.26. The Hall–Kier alpha value is -3.64. The maximum atomic E-state index is 17.1. The Bertz CT molecular complexity index is 1900. The number of piperidine rings is 1. The number of phenols is 1. The molecular weight excluding hydrogens is 661 g/mol. The second-order valence-electron chi connectivity index (χ2n) is 15.2. The van der Waals surface area contributed by atoms with Crippen molar-refractivity contribution in [2.24, 2.45) is 5.41 Å². The lowest BCUT2D eigenvalue weighted by Gasteiger charge is -2.53. The van der Waals surface area contributed by atoms with E-state index in [1.807, 2.05) is 36.9 Å². The summed E-state index contributed by atoms with van der Waals surface area (Å²) in [7, 11) is 1.80. The molecule has 4 heterocycles. The largest absolute Gasteiger partial charge is 0.508 e. The Morgan fingerprint density at radius 2 is 1.90 bits per heavy atom. The van der Waals surface area contributed by atoms with Gasteiger partial charge in [0, 0.05) is 42.9 Å². The van der Waals surface area contributed by atoms with Gasteiger partial charge < -0.3 is 29.3 Å². The van der Waals surface area contributed by atoms with Crippen molar-refractivity contribution in [2.75, 3.05) is 51.5 Å². The number of ether oxygens (including phenoxy) is 3. The quantitative estimate of drug-likeness (QED) is 0.197. The minimum Gasteiger partial charge on any atom is -0.508 e. The topological polar surface area (TPSA) is 113 Å². The van der Waals surface area contributed by atoms with Gasteiger partial charge in [0.15, 0.2) is 5.82 Å². The van der Waals surface area contributed by atoms with Crippen LogP contribution in [-0.4, -0.2) is 100 Å². The highest BCUT2D eigenvalue weighted by molar-refractivity contribution is 6.01. The number of halogens is 1. The Kier molecular flexibility index (Phi) is 10.6. The average molecular weight is 716 g/mol. The molecule has 2 N–H and O–H groups in total. The van der Waals surface area contributed by atoms with E-state index in [9.17, 15) is 10.2 Å². The summed E-state index contributed by atoms with van der Waals surface area (Å²) in [6.07, 6.45) is 10.4. The number of benzene rings is 2. The number of aromatic hydroxyl groups is 1. The van der Waals surface area contributed by atoms with Gasteiger partial charge in [-0.1, -0.05) is 45.4 Å². The molecule has 8 rings (SSSR count). The van der Waals surface area contributed by atoms with Crippen LogP contribution in [-0.2, 0) is 15.9 Å². The van der Waals surface area contributed by atoms with Crippen LogP contribution in [0.4, 0.5) is 10.2 Å². The molecule has 3 unspecified atom stereocenters. The first-order valence-electron chi connectivity index (χ1n) is 19.3. The number of likely N-dealkylation sites (tertiary alicyclic amines) is 1. The number of pyridine rings is 1. The van der Waals surface area contributed by atoms with Gasteiger partial charge in [-0.25, -0.2) is 4.39 Å². The summed E-state index contributed by atoms with van der Waals surface area (Å²) in [6.45, 7) is 10.6. The molecule has 11 heteroatoms. The molecule has 280 valence electrons. The molecule has 2 aromatic carbocycles. The first kappa shape index (κ1) is 36.7. The lowest BCUT2D eigenvalue weighted by Crippen LogP contribution is -2.59. The van der Waals surface area contributed by atoms with Crippen LogP contribution in [0, 0.1) is 11.2 Å². The SMILES string of the molecule is CC.CCc1cccc2cc(O)cc(-c3ncc4c(N5CCOCC(C)(O)C5)nc(OCC56CCCC5N(C5CC(OC)C5)CCC6)nc4c3F)c12. The van der Waals surface area contributed by atoms with E-state index in [4.69, 9.17) is 24.2 Å². The molecule has 4 aliphatic rings. The highest BCUT2D eigenvalue weighted by Gasteiger charge is 2.51. The molecule has 4 fully saturated rings. The number of hydrogen-bond donors (Lipinski definition) is 2. The fraction of sp³-hybridized carbons (Fsp3) is 0.585. The van der Waals surface area contributed by atoms with Crippen molar-refractivity contribution in [1.82, 2.24) is 19.9 Å². The summed E-state index contributed by atoms with van der Waals surface area (Å²) < 4.78 is 35.0. The zero-order chi connectivity index (χ0) is 36.6. The second kappa shape index (κ2) is 15.0. The van der Waals surface area contributed by atoms with Crippen molar-refractivity contribution in [3.63, 3.8) is 0 Å². The smallest absolute Gasteiger partial charge is 0.319 e. The van der Waals surface area contributed by atoms with Crippen LogP contribution in [0.5, 0.6) is 11.8 Å². The normalized spacial score (nSPS) is 27.8. The van der Waals surface area contributed by atoms with Crippen LogP contribution in [0.2, 0.25) is 0 Å². The molecule has 0 radical (unpaired) electrons. The van der Waals surface area contributed by atoms with Crippen LogP contribution < -0.4 is 9.64 Å². The lowest BCUT2D eigenvalue weighted by atomic mass is 9.73. The van der Waals surface area contributed by atoms with E-state index >= 15 is 4.39 Å². The summed E-state index contributed by atoms with van der Waals surface area (Å²) in [5, 5.41) is 23.9. The van der Waals surface area contributed by atoms with E-state index < -0.39 is 11.4 Å². The number of phenolic OH excluding ortho intramolecular Hbond substituents is 1. The van der Waals surface area contributed by atoms with Gasteiger partial charge in [-0.3, -0.25) is 9.88 Å². The third-order valence-corrected chi connectivity index (χ3v) is 11.8. The zero-order valence-corrected chi connectivity index (χ0v) is 31.3. The number of aliphatic hydroxyl groups is 1. The van der Waals surface area contributed by atoms with E-state index in [-0.39, 0.29) is 41.5 Å². The minimum atomic E-state index is -1.14. The van der Waals surface area contributed by atoms with Gasteiger partial charge in [-0.05, 0) is 86.9 Å². The van der Waals surface area contributed by atoms with Crippen LogP contribution >= 0.6 is 0 Å². The Morgan fingerprint density at radius 3 is 2.69 bits per heavy atom. The second-order valence-corrected chi connectivity index (χ2v) is 15.2. The summed E-state index contributed by atoms with van der Waals surface area (Å²) in [5.41, 5.74) is 0.581. The Morgan fingerprint density at radius 1 is 1.10 bits per heavy atom. The lowest BCUT2D eigenvalue weighted by molar-refractivity contribution is -0.0845. The van der Waals surface area contributed by atoms with Gasteiger partial charge in [0.25, 0.3) is 0 Å². The minimum absolute atomic E-state index is 0.0199. The summed E-state index contributed by atoms with van der Waals surface area (Å²) >= 11 is 0. The summed E-state index contributed by atoms with van der Waals surface area (Å²) in [4.78, 5) is 19.0. The first-order chi connectivity index (χ1) is 25.2. The molecule has 10 nitrogen and oxygen atoms in total. The van der Waals surface area contributed by atoms with Gasteiger partial charge in [-0.15, -0.1) is 0 Å². The van der Waals surface area contributed by atoms with Crippen LogP contribution in [0.15, 0.2) is 36.5 Å². The highest BCUT2D eigenvalue weighted by Crippen LogP contribution is 2.50. The van der Waals surface area contributed by atoms with E-state index in [0.29, 0.717) is 54.7 Å². The van der Waals surface area contributed by atoms with Gasteiger partial charge in [0.05, 0.1) is 37.9 Å². The van der Waals surface area contributed by atoms with E-state index in [0.717, 1.165) is 74.2 Å². The van der Waals surface area contributed by atoms with Crippen molar-refractivity contribution in [3.8, 4) is 23.0 Å². The van der Waals surface area contributed by atoms with E-state index in [2.05, 4.69) is 16.8 Å². The van der Waals surface area contributed by atoms with Crippen molar-refractivity contribution in [2.45, 2.75) is 103 Å². The average Bonchev–Trinajstić information content (AvgIpc) is 3.48. The molecule has 2 aliphatic carbocycles. The van der Waals surface area contributed by atoms with E-state index in [1.165, 1.54) is 0 Å². The van der Waals surface area contributed by atoms with Crippen molar-refractivity contribution < 1.29 is 28.8 Å². The van der Waals surface area contributed by atoms with Crippen molar-refractivity contribution in [3.05, 3.63) is 47.9 Å². The van der Waals surface area contributed by atoms with Crippen LogP contribution in [0.3, 0.4) is 0 Å². The number of hydrogen-bond acceptors (Lipinski definition) is 10. The van der Waals surface area contributed by atoms with Gasteiger partial charge in [0.2, 0.25) is 0 Å². The predicted octanol–water partition coefficient (Wildman–Crippen LogP) is 7.06. The predicted molar refractivity (Wildman–Crippen MR) is 202 cm³/mol. The molecule has 52 heavy (non-hydrogen) atoms. The van der Waals surface area contributed by atoms with Crippen LogP contribution in [0.25, 0.3) is 32.9 Å². The zero-order valence-electron chi connectivity index (χ0n) is 31.3. The number of β-amino-alcohol motifs (C(OH)–C–C–N with tert-alkyl or cyclic N) is 1. The van der Waals surface area contributed by atoms with Gasteiger partial charge in [0.1, 0.15) is 28.4 Å². The number of methoxy groups -OCH3 is 1. The molecule has 4 aromatic rings. The monoisotopic (exact) mass is 715 g/mol. The molecule has 2 saturated heterocycles. The third-order valence-electron chi connectivity index (χ3n) is 11.8. The van der Waals surface area contributed by atoms with Gasteiger partial charge >= 0.3 is 6.01 Å². The molecule has 3 atom stereocenters. The molecule has 0 amide bonds. The molecule has 2 aliphatic heterocycles. The van der Waals surface area contributed by atoms with Crippen molar-refractivity contribution in [1.29, 1.82) is 0 Å². The molecular formula is C41H54FN5O5. The Balaban J connectivity index is 0.00000207. The molecule has 0 spiro atoms. The number of aromatic nitrogens is 3. The molecule has 2 aromatic heterocycles. The highest BCUT2D eigenvalue weighted by atomic mass is 19.1. The fourth-order valence-electron chi connectivity index (χ4n) is 9.26. The standard InChI is InChI=1S/C39H48FN5O5.C2H6/c1-4-24-8-5-9-25-16-27(46)19-29(32(24)25)34-33(40)35-30(20-41-34)36(44-14-15-49-22-38(2,47)21-44)43-37(42-35)50-23-39-11-6-10-31(39)45(13-7-12-39)26-17-28(18-26)48-3;1-2/h5,8-9,16,19-20,26,28,31,46-47H,4,6-7,10-15,17-18,21-23H2,1-3H3;1-2H3. The number of fused-ring (bicyclic) bond motifs is 3. The number of aryl methyl sites for hydroxylation is 1. The maximum absolute atomic E-state index is 17.1. The summed E-state index contributed by atoms with van der Waals surface area (Å²) in [6, 6.07) is 10.2. The Labute approximate surface area is 306 Å². The van der Waals surface area contributed by atoms with Crippen molar-refractivity contribution >= 4 is 27.5 Å². The van der Waals surface area contributed by atoms with Crippen LogP contribution in [0.1, 0.15) is 78.2 Å². The third kappa shape index (κ3) is 6.81.